The summed E-state index contributed by atoms with van der Waals surface area (Å²) < 4.78 is 16.7. The van der Waals surface area contributed by atoms with E-state index in [4.69, 9.17) is 14.2 Å². The summed E-state index contributed by atoms with van der Waals surface area (Å²) in [6.07, 6.45) is 0.245. The molecule has 4 heteroatoms. The summed E-state index contributed by atoms with van der Waals surface area (Å²) >= 11 is 0. The van der Waals surface area contributed by atoms with Gasteiger partial charge in [0.1, 0.15) is 5.75 Å². The van der Waals surface area contributed by atoms with Crippen LogP contribution in [0.1, 0.15) is 37.9 Å². The first-order chi connectivity index (χ1) is 10.1. The molecule has 1 aromatic rings. The maximum atomic E-state index is 5.75. The van der Waals surface area contributed by atoms with Gasteiger partial charge in [-0.3, -0.25) is 0 Å². The molecule has 120 valence electrons. The Morgan fingerprint density at radius 3 is 2.57 bits per heavy atom. The average molecular weight is 295 g/mol. The SMILES string of the molecule is CCNC(COCCOC(C)C)c1cc(C)ccc1OC. The summed E-state index contributed by atoms with van der Waals surface area (Å²) in [5.74, 6) is 0.897. The Labute approximate surface area is 128 Å². The molecule has 1 atom stereocenters. The molecule has 0 fully saturated rings. The van der Waals surface area contributed by atoms with E-state index in [1.54, 1.807) is 7.11 Å². The molecule has 0 saturated heterocycles. The van der Waals surface area contributed by atoms with Crippen LogP contribution in [0, 0.1) is 6.92 Å². The zero-order chi connectivity index (χ0) is 15.7. The normalized spacial score (nSPS) is 12.7. The van der Waals surface area contributed by atoms with E-state index in [0.717, 1.165) is 17.9 Å². The van der Waals surface area contributed by atoms with Crippen LogP contribution in [0.2, 0.25) is 0 Å². The number of rotatable bonds is 10. The Morgan fingerprint density at radius 2 is 1.95 bits per heavy atom. The molecule has 0 aliphatic carbocycles. The lowest BCUT2D eigenvalue weighted by Crippen LogP contribution is -2.26. The van der Waals surface area contributed by atoms with Gasteiger partial charge in [-0.2, -0.15) is 0 Å². The number of aryl methyl sites for hydroxylation is 1. The van der Waals surface area contributed by atoms with E-state index in [1.807, 2.05) is 19.9 Å². The van der Waals surface area contributed by atoms with Crippen LogP contribution in [-0.2, 0) is 9.47 Å². The van der Waals surface area contributed by atoms with Gasteiger partial charge in [0.2, 0.25) is 0 Å². The van der Waals surface area contributed by atoms with Crippen molar-refractivity contribution in [2.24, 2.45) is 0 Å². The fourth-order valence-corrected chi connectivity index (χ4v) is 2.18. The van der Waals surface area contributed by atoms with Crippen molar-refractivity contribution >= 4 is 0 Å². The zero-order valence-electron chi connectivity index (χ0n) is 13.9. The standard InChI is InChI=1S/C17H29NO3/c1-6-18-16(12-20-9-10-21-13(2)3)15-11-14(4)7-8-17(15)19-5/h7-8,11,13,16,18H,6,9-10,12H2,1-5H3. The minimum absolute atomic E-state index is 0.129. The van der Waals surface area contributed by atoms with Gasteiger partial charge in [0, 0.05) is 5.56 Å². The minimum atomic E-state index is 0.129. The lowest BCUT2D eigenvalue weighted by Gasteiger charge is -2.21. The molecular formula is C17H29NO3. The van der Waals surface area contributed by atoms with Gasteiger partial charge in [0.15, 0.2) is 0 Å². The largest absolute Gasteiger partial charge is 0.496 e. The van der Waals surface area contributed by atoms with Crippen molar-refractivity contribution in [2.75, 3.05) is 33.5 Å². The molecule has 4 nitrogen and oxygen atoms in total. The molecule has 0 heterocycles. The molecule has 0 aliphatic heterocycles. The molecule has 0 aromatic heterocycles. The summed E-state index contributed by atoms with van der Waals surface area (Å²) in [5.41, 5.74) is 2.36. The Bertz CT molecular complexity index is 407. The predicted octanol–water partition coefficient (Wildman–Crippen LogP) is 3.10. The second-order valence-corrected chi connectivity index (χ2v) is 5.35. The first kappa shape index (κ1) is 18.0. The summed E-state index contributed by atoms with van der Waals surface area (Å²) in [4.78, 5) is 0. The molecule has 0 spiro atoms. The smallest absolute Gasteiger partial charge is 0.123 e. The molecule has 0 aliphatic rings. The third kappa shape index (κ3) is 6.46. The molecular weight excluding hydrogens is 266 g/mol. The number of nitrogens with one attached hydrogen (secondary N) is 1. The van der Waals surface area contributed by atoms with Crippen molar-refractivity contribution in [1.82, 2.24) is 5.32 Å². The first-order valence-corrected chi connectivity index (χ1v) is 7.65. The van der Waals surface area contributed by atoms with Gasteiger partial charge in [0.25, 0.3) is 0 Å². The average Bonchev–Trinajstić information content (AvgIpc) is 2.45. The summed E-state index contributed by atoms with van der Waals surface area (Å²) in [6, 6.07) is 6.35. The molecule has 0 bridgehead atoms. The number of ether oxygens (including phenoxy) is 3. The van der Waals surface area contributed by atoms with E-state index in [2.05, 4.69) is 31.3 Å². The quantitative estimate of drug-likeness (QED) is 0.673. The van der Waals surface area contributed by atoms with Crippen LogP contribution >= 0.6 is 0 Å². The lowest BCUT2D eigenvalue weighted by molar-refractivity contribution is 0.0137. The predicted molar refractivity (Wildman–Crippen MR) is 86.1 cm³/mol. The van der Waals surface area contributed by atoms with Crippen molar-refractivity contribution < 1.29 is 14.2 Å². The Morgan fingerprint density at radius 1 is 1.19 bits per heavy atom. The monoisotopic (exact) mass is 295 g/mol. The van der Waals surface area contributed by atoms with Crippen molar-refractivity contribution in [3.63, 3.8) is 0 Å². The highest BCUT2D eigenvalue weighted by Gasteiger charge is 2.15. The maximum Gasteiger partial charge on any atom is 0.123 e. The van der Waals surface area contributed by atoms with Crippen molar-refractivity contribution in [2.45, 2.75) is 39.8 Å². The van der Waals surface area contributed by atoms with Crippen molar-refractivity contribution in [3.8, 4) is 5.75 Å². The maximum absolute atomic E-state index is 5.75. The van der Waals surface area contributed by atoms with Crippen molar-refractivity contribution in [3.05, 3.63) is 29.3 Å². The summed E-state index contributed by atoms with van der Waals surface area (Å²) in [7, 11) is 1.70. The van der Waals surface area contributed by atoms with Crippen LogP contribution in [0.3, 0.4) is 0 Å². The highest BCUT2D eigenvalue weighted by atomic mass is 16.5. The highest BCUT2D eigenvalue weighted by Crippen LogP contribution is 2.26. The summed E-state index contributed by atoms with van der Waals surface area (Å²) in [5, 5.41) is 3.45. The third-order valence-corrected chi connectivity index (χ3v) is 3.17. The molecule has 0 saturated carbocycles. The fourth-order valence-electron chi connectivity index (χ4n) is 2.18. The molecule has 0 amide bonds. The van der Waals surface area contributed by atoms with E-state index in [9.17, 15) is 0 Å². The first-order valence-electron chi connectivity index (χ1n) is 7.65. The molecule has 1 unspecified atom stereocenters. The topological polar surface area (TPSA) is 39.7 Å². The minimum Gasteiger partial charge on any atom is -0.496 e. The molecule has 1 rings (SSSR count). The zero-order valence-corrected chi connectivity index (χ0v) is 13.9. The van der Waals surface area contributed by atoms with Crippen LogP contribution in [-0.4, -0.2) is 39.6 Å². The van der Waals surface area contributed by atoms with Gasteiger partial charge < -0.3 is 19.5 Å². The highest BCUT2D eigenvalue weighted by molar-refractivity contribution is 5.39. The van der Waals surface area contributed by atoms with Gasteiger partial charge >= 0.3 is 0 Å². The van der Waals surface area contributed by atoms with E-state index in [-0.39, 0.29) is 12.1 Å². The Kier molecular flexibility index (Phi) is 8.35. The lowest BCUT2D eigenvalue weighted by atomic mass is 10.0. The van der Waals surface area contributed by atoms with Crippen LogP contribution in [0.4, 0.5) is 0 Å². The van der Waals surface area contributed by atoms with E-state index in [1.165, 1.54) is 5.56 Å². The van der Waals surface area contributed by atoms with Crippen LogP contribution in [0.15, 0.2) is 18.2 Å². The van der Waals surface area contributed by atoms with Gasteiger partial charge in [-0.15, -0.1) is 0 Å². The van der Waals surface area contributed by atoms with Crippen molar-refractivity contribution in [1.29, 1.82) is 0 Å². The molecule has 1 aromatic carbocycles. The molecule has 1 N–H and O–H groups in total. The van der Waals surface area contributed by atoms with Crippen LogP contribution in [0.5, 0.6) is 5.75 Å². The van der Waals surface area contributed by atoms with Gasteiger partial charge in [-0.05, 0) is 33.4 Å². The van der Waals surface area contributed by atoms with E-state index in [0.29, 0.717) is 19.8 Å². The van der Waals surface area contributed by atoms with Gasteiger partial charge in [-0.25, -0.2) is 0 Å². The number of hydrogen-bond acceptors (Lipinski definition) is 4. The fraction of sp³-hybridized carbons (Fsp3) is 0.647. The Balaban J connectivity index is 2.62. The number of hydrogen-bond donors (Lipinski definition) is 1. The van der Waals surface area contributed by atoms with Crippen LogP contribution < -0.4 is 10.1 Å². The van der Waals surface area contributed by atoms with Gasteiger partial charge in [-0.1, -0.05) is 24.6 Å². The number of methoxy groups -OCH3 is 1. The molecule has 0 radical (unpaired) electrons. The number of likely N-dealkylation sites (N-methyl/N-ethyl adjacent to an activating group) is 1. The van der Waals surface area contributed by atoms with Gasteiger partial charge in [0.05, 0.1) is 39.1 Å². The van der Waals surface area contributed by atoms with E-state index >= 15 is 0 Å². The van der Waals surface area contributed by atoms with Crippen LogP contribution in [0.25, 0.3) is 0 Å². The Hall–Kier alpha value is -1.10. The summed E-state index contributed by atoms with van der Waals surface area (Å²) in [6.45, 7) is 11.0. The third-order valence-electron chi connectivity index (χ3n) is 3.17. The van der Waals surface area contributed by atoms with E-state index < -0.39 is 0 Å². The molecule has 21 heavy (non-hydrogen) atoms. The number of benzene rings is 1. The second-order valence-electron chi connectivity index (χ2n) is 5.35. The second kappa shape index (κ2) is 9.77.